The van der Waals surface area contributed by atoms with E-state index in [4.69, 9.17) is 15.0 Å². The normalized spacial score (nSPS) is 16.1. The minimum Gasteiger partial charge on any atom is -0.497 e. The van der Waals surface area contributed by atoms with Crippen LogP contribution in [-0.4, -0.2) is 21.2 Å². The summed E-state index contributed by atoms with van der Waals surface area (Å²) in [7, 11) is -2.12. The number of anilines is 1. The van der Waals surface area contributed by atoms with Crippen LogP contribution >= 0.6 is 0 Å². The van der Waals surface area contributed by atoms with Crippen molar-refractivity contribution in [2.75, 3.05) is 12.1 Å². The van der Waals surface area contributed by atoms with Crippen molar-refractivity contribution in [3.05, 3.63) is 102 Å². The minimum absolute atomic E-state index is 0.0477. The Morgan fingerprint density at radius 1 is 0.909 bits per heavy atom. The molecule has 33 heavy (non-hydrogen) atoms. The van der Waals surface area contributed by atoms with Crippen molar-refractivity contribution in [3.8, 4) is 5.75 Å². The fraction of sp³-hybridized carbons (Fsp3) is 0.115. The number of sulfonamides is 1. The first-order valence-corrected chi connectivity index (χ1v) is 12.1. The van der Waals surface area contributed by atoms with Crippen molar-refractivity contribution in [1.82, 2.24) is 0 Å². The molecule has 0 amide bonds. The highest BCUT2D eigenvalue weighted by Gasteiger charge is 2.31. The van der Waals surface area contributed by atoms with Gasteiger partial charge in [-0.15, -0.1) is 0 Å². The molecule has 4 aromatic rings. The number of fused-ring (bicyclic) bond motifs is 1. The van der Waals surface area contributed by atoms with Crippen molar-refractivity contribution in [3.63, 3.8) is 0 Å². The molecule has 4 aromatic carbocycles. The quantitative estimate of drug-likeness (QED) is 0.464. The van der Waals surface area contributed by atoms with E-state index < -0.39 is 10.0 Å². The van der Waals surface area contributed by atoms with Gasteiger partial charge >= 0.3 is 0 Å². The monoisotopic (exact) mass is 457 g/mol. The highest BCUT2D eigenvalue weighted by molar-refractivity contribution is 7.89. The number of benzene rings is 4. The number of nitrogens with two attached hydrogens (primary N) is 1. The summed E-state index contributed by atoms with van der Waals surface area (Å²) in [5.41, 5.74) is 3.93. The lowest BCUT2D eigenvalue weighted by Crippen LogP contribution is -2.19. The number of ether oxygens (including phenoxy) is 1. The van der Waals surface area contributed by atoms with Gasteiger partial charge in [0.2, 0.25) is 10.0 Å². The second-order valence-corrected chi connectivity index (χ2v) is 9.51. The number of rotatable bonds is 5. The fourth-order valence-corrected chi connectivity index (χ4v) is 4.79. The Morgan fingerprint density at radius 2 is 1.61 bits per heavy atom. The van der Waals surface area contributed by atoms with E-state index in [2.05, 4.69) is 30.3 Å². The lowest BCUT2D eigenvalue weighted by molar-refractivity contribution is 0.415. The van der Waals surface area contributed by atoms with Crippen LogP contribution in [0.25, 0.3) is 10.8 Å². The SMILES string of the molecule is COc1ccc(C2=NN(c3ccc(S(N)(=O)=O)cc3)C(c3cccc4ccccc34)C2)cc1. The van der Waals surface area contributed by atoms with E-state index in [0.29, 0.717) is 6.42 Å². The summed E-state index contributed by atoms with van der Waals surface area (Å²) < 4.78 is 28.7. The second kappa shape index (κ2) is 8.35. The Labute approximate surface area is 193 Å². The van der Waals surface area contributed by atoms with Gasteiger partial charge in [-0.2, -0.15) is 5.10 Å². The molecular weight excluding hydrogens is 434 g/mol. The first kappa shape index (κ1) is 21.2. The minimum atomic E-state index is -3.76. The van der Waals surface area contributed by atoms with E-state index in [9.17, 15) is 8.42 Å². The molecule has 1 unspecified atom stereocenters. The predicted molar refractivity (Wildman–Crippen MR) is 131 cm³/mol. The molecule has 0 aromatic heterocycles. The van der Waals surface area contributed by atoms with Crippen molar-refractivity contribution in [2.45, 2.75) is 17.4 Å². The smallest absolute Gasteiger partial charge is 0.238 e. The standard InChI is InChI=1S/C26H23N3O3S/c1-32-21-13-9-19(10-14-21)25-17-26(24-8-4-6-18-5-2-3-7-23(18)24)29(28-25)20-11-15-22(16-12-20)33(27,30)31/h2-16,26H,17H2,1H3,(H2,27,30,31). The van der Waals surface area contributed by atoms with E-state index in [1.807, 2.05) is 41.4 Å². The maximum Gasteiger partial charge on any atom is 0.238 e. The van der Waals surface area contributed by atoms with Gasteiger partial charge in [-0.05, 0) is 70.4 Å². The van der Waals surface area contributed by atoms with Gasteiger partial charge < -0.3 is 4.74 Å². The molecule has 0 fully saturated rings. The highest BCUT2D eigenvalue weighted by Crippen LogP contribution is 2.39. The Morgan fingerprint density at radius 3 is 2.30 bits per heavy atom. The van der Waals surface area contributed by atoms with Crippen LogP contribution in [0.4, 0.5) is 5.69 Å². The topological polar surface area (TPSA) is 85.0 Å². The van der Waals surface area contributed by atoms with Crippen molar-refractivity contribution in [1.29, 1.82) is 0 Å². The lowest BCUT2D eigenvalue weighted by Gasteiger charge is -2.25. The van der Waals surface area contributed by atoms with Crippen LogP contribution in [0.3, 0.4) is 0 Å². The summed E-state index contributed by atoms with van der Waals surface area (Å²) in [5.74, 6) is 0.790. The van der Waals surface area contributed by atoms with Gasteiger partial charge in [-0.25, -0.2) is 13.6 Å². The molecule has 0 bridgehead atoms. The maximum atomic E-state index is 11.7. The van der Waals surface area contributed by atoms with Crippen LogP contribution in [0, 0.1) is 0 Å². The largest absolute Gasteiger partial charge is 0.497 e. The summed E-state index contributed by atoms with van der Waals surface area (Å²) in [6.07, 6.45) is 0.706. The van der Waals surface area contributed by atoms with Gasteiger partial charge in [0.1, 0.15) is 5.75 Å². The van der Waals surface area contributed by atoms with E-state index in [1.54, 1.807) is 19.2 Å². The van der Waals surface area contributed by atoms with Crippen LogP contribution in [0.2, 0.25) is 0 Å². The summed E-state index contributed by atoms with van der Waals surface area (Å²) in [6, 6.07) is 28.9. The molecular formula is C26H23N3O3S. The number of methoxy groups -OCH3 is 1. The van der Waals surface area contributed by atoms with Crippen LogP contribution in [0.5, 0.6) is 5.75 Å². The molecule has 1 aliphatic rings. The number of nitrogens with zero attached hydrogens (tertiary/aromatic N) is 2. The van der Waals surface area contributed by atoms with Gasteiger partial charge in [-0.1, -0.05) is 42.5 Å². The van der Waals surface area contributed by atoms with Gasteiger partial charge in [-0.3, -0.25) is 5.01 Å². The predicted octanol–water partition coefficient (Wildman–Crippen LogP) is 4.85. The molecule has 7 heteroatoms. The highest BCUT2D eigenvalue weighted by atomic mass is 32.2. The Hall–Kier alpha value is -3.68. The fourth-order valence-electron chi connectivity index (χ4n) is 4.28. The molecule has 0 saturated heterocycles. The third-order valence-corrected chi connectivity index (χ3v) is 6.87. The molecule has 5 rings (SSSR count). The molecule has 0 saturated carbocycles. The Balaban J connectivity index is 1.60. The molecule has 2 N–H and O–H groups in total. The molecule has 1 aliphatic heterocycles. The van der Waals surface area contributed by atoms with Gasteiger partial charge in [0.15, 0.2) is 0 Å². The van der Waals surface area contributed by atoms with Gasteiger partial charge in [0, 0.05) is 6.42 Å². The van der Waals surface area contributed by atoms with E-state index in [0.717, 1.165) is 33.7 Å². The molecule has 0 spiro atoms. The van der Waals surface area contributed by atoms with Crippen molar-refractivity contribution in [2.24, 2.45) is 10.2 Å². The van der Waals surface area contributed by atoms with Crippen molar-refractivity contribution >= 4 is 32.2 Å². The molecule has 6 nitrogen and oxygen atoms in total. The summed E-state index contributed by atoms with van der Waals surface area (Å²) in [5, 5.41) is 14.6. The Kier molecular flexibility index (Phi) is 5.36. The van der Waals surface area contributed by atoms with Gasteiger partial charge in [0.05, 0.1) is 29.4 Å². The molecule has 166 valence electrons. The summed E-state index contributed by atoms with van der Waals surface area (Å²) >= 11 is 0. The summed E-state index contributed by atoms with van der Waals surface area (Å²) in [4.78, 5) is 0.0755. The van der Waals surface area contributed by atoms with E-state index in [-0.39, 0.29) is 10.9 Å². The van der Waals surface area contributed by atoms with Crippen LogP contribution < -0.4 is 14.9 Å². The average Bonchev–Trinajstić information content (AvgIpc) is 3.28. The number of primary sulfonamides is 1. The Bertz CT molecular complexity index is 1440. The first-order chi connectivity index (χ1) is 15.9. The second-order valence-electron chi connectivity index (χ2n) is 7.95. The lowest BCUT2D eigenvalue weighted by atomic mass is 9.94. The van der Waals surface area contributed by atoms with Crippen LogP contribution in [0.1, 0.15) is 23.6 Å². The first-order valence-electron chi connectivity index (χ1n) is 10.6. The molecule has 0 aliphatic carbocycles. The zero-order valence-electron chi connectivity index (χ0n) is 18.0. The third kappa shape index (κ3) is 4.08. The van der Waals surface area contributed by atoms with Gasteiger partial charge in [0.25, 0.3) is 0 Å². The maximum absolute atomic E-state index is 11.7. The zero-order chi connectivity index (χ0) is 23.0. The van der Waals surface area contributed by atoms with Crippen LogP contribution in [-0.2, 0) is 10.0 Å². The van der Waals surface area contributed by atoms with E-state index >= 15 is 0 Å². The summed E-state index contributed by atoms with van der Waals surface area (Å²) in [6.45, 7) is 0. The number of hydrogen-bond acceptors (Lipinski definition) is 5. The molecule has 1 heterocycles. The average molecular weight is 458 g/mol. The number of hydrogen-bond donors (Lipinski definition) is 1. The van der Waals surface area contributed by atoms with Crippen molar-refractivity contribution < 1.29 is 13.2 Å². The zero-order valence-corrected chi connectivity index (χ0v) is 18.9. The third-order valence-electron chi connectivity index (χ3n) is 5.95. The number of hydrazone groups is 1. The van der Waals surface area contributed by atoms with Crippen LogP contribution in [0.15, 0.2) is 101 Å². The molecule has 1 atom stereocenters. The van der Waals surface area contributed by atoms with E-state index in [1.165, 1.54) is 17.5 Å². The molecule has 0 radical (unpaired) electrons.